The number of ether oxygens (including phenoxy) is 1. The Labute approximate surface area is 209 Å². The minimum atomic E-state index is -0.566. The zero-order valence-electron chi connectivity index (χ0n) is 21.1. The number of benzene rings is 3. The second kappa shape index (κ2) is 12.7. The molecule has 0 fully saturated rings. The first kappa shape index (κ1) is 26.0. The molecule has 0 radical (unpaired) electrons. The van der Waals surface area contributed by atoms with Crippen LogP contribution in [0.1, 0.15) is 56.2 Å². The van der Waals surface area contributed by atoms with E-state index in [0.717, 1.165) is 22.4 Å². The largest absolute Gasteiger partial charge is 0.497 e. The number of nitrogens with zero attached hydrogens (tertiary/aromatic N) is 1. The summed E-state index contributed by atoms with van der Waals surface area (Å²) in [7, 11) is 1.62. The third-order valence-corrected chi connectivity index (χ3v) is 6.09. The molecule has 184 valence electrons. The number of hydrogen-bond acceptors (Lipinski definition) is 3. The minimum absolute atomic E-state index is 0.00768. The third-order valence-electron chi connectivity index (χ3n) is 6.09. The molecule has 0 heterocycles. The van der Waals surface area contributed by atoms with Crippen LogP contribution in [0.3, 0.4) is 0 Å². The molecule has 5 nitrogen and oxygen atoms in total. The summed E-state index contributed by atoms with van der Waals surface area (Å²) in [5.41, 5.74) is 3.07. The van der Waals surface area contributed by atoms with E-state index < -0.39 is 6.04 Å². The SMILES string of the molecule is CC[C@H](C(=O)NC(C)C)N(Cc1cccc(OC)c1)C(=O)CC(c1ccccc1)c1ccccc1. The number of hydrogen-bond donors (Lipinski definition) is 1. The van der Waals surface area contributed by atoms with Crippen molar-refractivity contribution in [3.8, 4) is 5.75 Å². The van der Waals surface area contributed by atoms with E-state index in [0.29, 0.717) is 13.0 Å². The molecule has 1 atom stereocenters. The fourth-order valence-electron chi connectivity index (χ4n) is 4.36. The lowest BCUT2D eigenvalue weighted by Crippen LogP contribution is -2.50. The predicted molar refractivity (Wildman–Crippen MR) is 140 cm³/mol. The van der Waals surface area contributed by atoms with Crippen molar-refractivity contribution in [3.05, 3.63) is 102 Å². The molecule has 0 spiro atoms. The highest BCUT2D eigenvalue weighted by molar-refractivity contribution is 5.88. The summed E-state index contributed by atoms with van der Waals surface area (Å²) in [5.74, 6) is 0.426. The van der Waals surface area contributed by atoms with E-state index >= 15 is 0 Å². The van der Waals surface area contributed by atoms with Gasteiger partial charge in [0, 0.05) is 24.9 Å². The number of rotatable bonds is 11. The molecule has 3 rings (SSSR count). The number of carbonyl (C=O) groups is 2. The second-order valence-corrected chi connectivity index (χ2v) is 9.04. The van der Waals surface area contributed by atoms with Crippen LogP contribution >= 0.6 is 0 Å². The van der Waals surface area contributed by atoms with E-state index in [1.165, 1.54) is 0 Å². The van der Waals surface area contributed by atoms with E-state index in [9.17, 15) is 9.59 Å². The van der Waals surface area contributed by atoms with E-state index in [4.69, 9.17) is 4.74 Å². The van der Waals surface area contributed by atoms with Crippen molar-refractivity contribution in [3.63, 3.8) is 0 Å². The molecule has 2 amide bonds. The Balaban J connectivity index is 1.96. The van der Waals surface area contributed by atoms with E-state index in [-0.39, 0.29) is 30.2 Å². The van der Waals surface area contributed by atoms with Gasteiger partial charge < -0.3 is 15.0 Å². The van der Waals surface area contributed by atoms with Crippen molar-refractivity contribution in [1.29, 1.82) is 0 Å². The summed E-state index contributed by atoms with van der Waals surface area (Å²) in [4.78, 5) is 28.8. The maximum absolute atomic E-state index is 14.0. The molecule has 0 aliphatic rings. The van der Waals surface area contributed by atoms with Crippen molar-refractivity contribution in [2.45, 2.75) is 58.2 Å². The van der Waals surface area contributed by atoms with Crippen LogP contribution in [0.15, 0.2) is 84.9 Å². The molecule has 0 aromatic heterocycles. The van der Waals surface area contributed by atoms with Gasteiger partial charge >= 0.3 is 0 Å². The molecule has 0 aliphatic heterocycles. The fraction of sp³-hybridized carbons (Fsp3) is 0.333. The van der Waals surface area contributed by atoms with Crippen LogP contribution in [0.25, 0.3) is 0 Å². The monoisotopic (exact) mass is 472 g/mol. The van der Waals surface area contributed by atoms with Gasteiger partial charge in [-0.2, -0.15) is 0 Å². The molecule has 35 heavy (non-hydrogen) atoms. The van der Waals surface area contributed by atoms with Crippen molar-refractivity contribution in [2.75, 3.05) is 7.11 Å². The number of methoxy groups -OCH3 is 1. The highest BCUT2D eigenvalue weighted by Crippen LogP contribution is 2.30. The molecule has 0 saturated heterocycles. The van der Waals surface area contributed by atoms with Gasteiger partial charge in [-0.25, -0.2) is 0 Å². The number of carbonyl (C=O) groups excluding carboxylic acids is 2. The first-order valence-electron chi connectivity index (χ1n) is 12.3. The van der Waals surface area contributed by atoms with Crippen molar-refractivity contribution in [1.82, 2.24) is 10.2 Å². The van der Waals surface area contributed by atoms with Crippen molar-refractivity contribution < 1.29 is 14.3 Å². The average molecular weight is 473 g/mol. The third kappa shape index (κ3) is 7.19. The topological polar surface area (TPSA) is 58.6 Å². The lowest BCUT2D eigenvalue weighted by molar-refractivity contribution is -0.141. The Bertz CT molecular complexity index is 1040. The molecule has 0 saturated carbocycles. The van der Waals surface area contributed by atoms with Gasteiger partial charge in [0.1, 0.15) is 11.8 Å². The zero-order valence-corrected chi connectivity index (χ0v) is 21.1. The van der Waals surface area contributed by atoms with Gasteiger partial charge in [-0.05, 0) is 49.1 Å². The van der Waals surface area contributed by atoms with Crippen LogP contribution in [0, 0.1) is 0 Å². The Morgan fingerprint density at radius 2 is 1.49 bits per heavy atom. The lowest BCUT2D eigenvalue weighted by atomic mass is 9.88. The Morgan fingerprint density at radius 3 is 2.00 bits per heavy atom. The summed E-state index contributed by atoms with van der Waals surface area (Å²) in [6.45, 7) is 6.14. The minimum Gasteiger partial charge on any atom is -0.497 e. The summed E-state index contributed by atoms with van der Waals surface area (Å²) in [6.07, 6.45) is 0.791. The van der Waals surface area contributed by atoms with Gasteiger partial charge in [0.2, 0.25) is 11.8 Å². The van der Waals surface area contributed by atoms with Gasteiger partial charge in [0.25, 0.3) is 0 Å². The molecule has 5 heteroatoms. The van der Waals surface area contributed by atoms with E-state index in [1.54, 1.807) is 12.0 Å². The Morgan fingerprint density at radius 1 is 0.886 bits per heavy atom. The quantitative estimate of drug-likeness (QED) is 0.398. The summed E-state index contributed by atoms with van der Waals surface area (Å²) < 4.78 is 5.38. The maximum atomic E-state index is 14.0. The molecular weight excluding hydrogens is 436 g/mol. The van der Waals surface area contributed by atoms with E-state index in [1.807, 2.05) is 81.4 Å². The van der Waals surface area contributed by atoms with Gasteiger partial charge in [-0.1, -0.05) is 79.7 Å². The highest BCUT2D eigenvalue weighted by atomic mass is 16.5. The van der Waals surface area contributed by atoms with Crippen molar-refractivity contribution >= 4 is 11.8 Å². The predicted octanol–water partition coefficient (Wildman–Crippen LogP) is 5.55. The van der Waals surface area contributed by atoms with Crippen LogP contribution < -0.4 is 10.1 Å². The van der Waals surface area contributed by atoms with Gasteiger partial charge in [-0.3, -0.25) is 9.59 Å². The summed E-state index contributed by atoms with van der Waals surface area (Å²) >= 11 is 0. The smallest absolute Gasteiger partial charge is 0.243 e. The normalized spacial score (nSPS) is 11.8. The summed E-state index contributed by atoms with van der Waals surface area (Å²) in [6, 6.07) is 27.2. The number of amides is 2. The van der Waals surface area contributed by atoms with Gasteiger partial charge in [0.05, 0.1) is 7.11 Å². The molecule has 0 aliphatic carbocycles. The Kier molecular flexibility index (Phi) is 9.47. The molecular formula is C30H36N2O3. The van der Waals surface area contributed by atoms with Crippen LogP contribution in [-0.2, 0) is 16.1 Å². The second-order valence-electron chi connectivity index (χ2n) is 9.04. The average Bonchev–Trinajstić information content (AvgIpc) is 2.87. The van der Waals surface area contributed by atoms with Crippen LogP contribution in [0.2, 0.25) is 0 Å². The number of nitrogens with one attached hydrogen (secondary N) is 1. The van der Waals surface area contributed by atoms with Gasteiger partial charge in [-0.15, -0.1) is 0 Å². The fourth-order valence-corrected chi connectivity index (χ4v) is 4.36. The zero-order chi connectivity index (χ0) is 25.2. The molecule has 3 aromatic carbocycles. The van der Waals surface area contributed by atoms with Crippen molar-refractivity contribution in [2.24, 2.45) is 0 Å². The molecule has 0 bridgehead atoms. The summed E-state index contributed by atoms with van der Waals surface area (Å²) in [5, 5.41) is 3.00. The molecule has 3 aromatic rings. The van der Waals surface area contributed by atoms with Crippen LogP contribution in [0.4, 0.5) is 0 Å². The highest BCUT2D eigenvalue weighted by Gasteiger charge is 2.31. The maximum Gasteiger partial charge on any atom is 0.243 e. The van der Waals surface area contributed by atoms with E-state index in [2.05, 4.69) is 29.6 Å². The lowest BCUT2D eigenvalue weighted by Gasteiger charge is -2.32. The standard InChI is InChI=1S/C30H36N2O3/c1-5-28(30(34)31-22(2)3)32(21-23-13-12-18-26(19-23)35-4)29(33)20-27(24-14-8-6-9-15-24)25-16-10-7-11-17-25/h6-19,22,27-28H,5,20-21H2,1-4H3,(H,31,34)/t28-/m1/s1. The first-order chi connectivity index (χ1) is 16.9. The van der Waals surface area contributed by atoms with Crippen LogP contribution in [0.5, 0.6) is 5.75 Å². The molecule has 0 unspecified atom stereocenters. The Hall–Kier alpha value is -3.60. The van der Waals surface area contributed by atoms with Gasteiger partial charge in [0.15, 0.2) is 0 Å². The first-order valence-corrected chi connectivity index (χ1v) is 12.3. The molecule has 1 N–H and O–H groups in total. The van der Waals surface area contributed by atoms with Crippen LogP contribution in [-0.4, -0.2) is 35.9 Å².